The van der Waals surface area contributed by atoms with Crippen molar-refractivity contribution in [2.75, 3.05) is 23.3 Å². The molecular weight excluding hydrogens is 498 g/mol. The fourth-order valence-corrected chi connectivity index (χ4v) is 3.96. The number of halogens is 6. The largest absolute Gasteiger partial charge is 0.433 e. The van der Waals surface area contributed by atoms with E-state index in [0.29, 0.717) is 35.5 Å². The number of hydrogen-bond donors (Lipinski definition) is 1. The molecule has 4 rings (SSSR count). The molecule has 3 heterocycles. The number of pyridine rings is 2. The van der Waals surface area contributed by atoms with Gasteiger partial charge in [-0.15, -0.1) is 0 Å². The summed E-state index contributed by atoms with van der Waals surface area (Å²) in [6, 6.07) is 7.33. The smallest absolute Gasteiger partial charge is 0.341 e. The molecule has 37 heavy (non-hydrogen) atoms. The van der Waals surface area contributed by atoms with Crippen molar-refractivity contribution in [3.05, 3.63) is 65.6 Å². The van der Waals surface area contributed by atoms with Crippen LogP contribution in [0, 0.1) is 6.92 Å². The molecule has 1 aromatic carbocycles. The molecule has 0 spiro atoms. The van der Waals surface area contributed by atoms with Gasteiger partial charge in [-0.05, 0) is 62.7 Å². The number of rotatable bonds is 6. The van der Waals surface area contributed by atoms with Crippen LogP contribution in [0.25, 0.3) is 22.2 Å². The topological polar surface area (TPSA) is 66.8 Å². The first-order valence-electron chi connectivity index (χ1n) is 11.3. The molecule has 0 fully saturated rings. The lowest BCUT2D eigenvalue weighted by atomic mass is 10.00. The third-order valence-electron chi connectivity index (χ3n) is 5.73. The highest BCUT2D eigenvalue weighted by molar-refractivity contribution is 5.97. The van der Waals surface area contributed by atoms with E-state index in [9.17, 15) is 26.3 Å². The zero-order chi connectivity index (χ0) is 27.0. The Balaban J connectivity index is 1.89. The number of anilines is 3. The lowest BCUT2D eigenvalue weighted by Crippen LogP contribution is -2.24. The second-order valence-corrected chi connectivity index (χ2v) is 8.18. The molecule has 0 bridgehead atoms. The van der Waals surface area contributed by atoms with Crippen molar-refractivity contribution < 1.29 is 26.3 Å². The van der Waals surface area contributed by atoms with Gasteiger partial charge < -0.3 is 10.2 Å². The zero-order valence-electron chi connectivity index (χ0n) is 20.0. The summed E-state index contributed by atoms with van der Waals surface area (Å²) in [5.41, 5.74) is -0.750. The van der Waals surface area contributed by atoms with Crippen LogP contribution in [0.1, 0.15) is 30.7 Å². The van der Waals surface area contributed by atoms with Crippen LogP contribution in [0.5, 0.6) is 0 Å². The minimum atomic E-state index is -4.60. The summed E-state index contributed by atoms with van der Waals surface area (Å²) in [6.45, 7) is 6.60. The number of aromatic nitrogens is 4. The van der Waals surface area contributed by atoms with E-state index < -0.39 is 23.6 Å². The van der Waals surface area contributed by atoms with Crippen LogP contribution >= 0.6 is 0 Å². The predicted octanol–water partition coefficient (Wildman–Crippen LogP) is 7.02. The Bertz CT molecular complexity index is 1410. The molecule has 0 unspecified atom stereocenters. The van der Waals surface area contributed by atoms with Crippen molar-refractivity contribution in [3.63, 3.8) is 0 Å². The molecule has 0 radical (unpaired) electrons. The first-order valence-corrected chi connectivity index (χ1v) is 11.3. The van der Waals surface area contributed by atoms with Crippen LogP contribution in [-0.4, -0.2) is 33.0 Å². The Morgan fingerprint density at radius 1 is 0.892 bits per heavy atom. The van der Waals surface area contributed by atoms with Crippen LogP contribution in [0.4, 0.5) is 43.8 Å². The SMILES string of the molecule is CCN(CC)c1nc(Nc2ccc(C(F)(F)F)nc2)c2c(C)cc(-c3ncccc3C(F)(F)F)cc2n1. The van der Waals surface area contributed by atoms with E-state index in [0.717, 1.165) is 18.3 Å². The zero-order valence-corrected chi connectivity index (χ0v) is 20.0. The Kier molecular flexibility index (Phi) is 6.94. The standard InChI is InChI=1S/C25H22F6N6/c1-4-37(5-2)23-35-18-12-15(21-17(24(26,27)28)7-6-10-32-21)11-14(3)20(18)22(36-23)34-16-8-9-19(33-13-16)25(29,30)31/h6-13H,4-5H2,1-3H3,(H,34,35,36). The number of aryl methyl sites for hydroxylation is 1. The average Bonchev–Trinajstić information content (AvgIpc) is 2.83. The molecule has 0 aliphatic carbocycles. The number of nitrogens with zero attached hydrogens (tertiary/aromatic N) is 5. The van der Waals surface area contributed by atoms with Crippen molar-refractivity contribution in [3.8, 4) is 11.3 Å². The molecule has 0 atom stereocenters. The molecular formula is C25H22F6N6. The van der Waals surface area contributed by atoms with Gasteiger partial charge in [-0.1, -0.05) is 0 Å². The third kappa shape index (κ3) is 5.42. The highest BCUT2D eigenvalue weighted by atomic mass is 19.4. The molecule has 6 nitrogen and oxygen atoms in total. The molecule has 3 aromatic heterocycles. The maximum Gasteiger partial charge on any atom is 0.433 e. The summed E-state index contributed by atoms with van der Waals surface area (Å²) in [7, 11) is 0. The lowest BCUT2D eigenvalue weighted by Gasteiger charge is -2.21. The molecule has 194 valence electrons. The molecule has 1 N–H and O–H groups in total. The van der Waals surface area contributed by atoms with Gasteiger partial charge in [0.25, 0.3) is 0 Å². The molecule has 4 aromatic rings. The van der Waals surface area contributed by atoms with Gasteiger partial charge in [0.1, 0.15) is 11.5 Å². The van der Waals surface area contributed by atoms with Gasteiger partial charge in [0.05, 0.1) is 28.7 Å². The monoisotopic (exact) mass is 520 g/mol. The highest BCUT2D eigenvalue weighted by Gasteiger charge is 2.34. The minimum Gasteiger partial charge on any atom is -0.341 e. The molecule has 0 saturated heterocycles. The summed E-state index contributed by atoms with van der Waals surface area (Å²) in [6.07, 6.45) is -6.85. The first-order chi connectivity index (χ1) is 17.4. The van der Waals surface area contributed by atoms with Gasteiger partial charge in [0.15, 0.2) is 0 Å². The van der Waals surface area contributed by atoms with Gasteiger partial charge in [0.2, 0.25) is 5.95 Å². The van der Waals surface area contributed by atoms with Gasteiger partial charge in [-0.25, -0.2) is 9.97 Å². The van der Waals surface area contributed by atoms with Gasteiger partial charge in [-0.3, -0.25) is 4.98 Å². The van der Waals surface area contributed by atoms with Gasteiger partial charge in [0, 0.05) is 30.2 Å². The van der Waals surface area contributed by atoms with Gasteiger partial charge >= 0.3 is 12.4 Å². The Hall–Kier alpha value is -3.96. The normalized spacial score (nSPS) is 12.1. The number of hydrogen-bond acceptors (Lipinski definition) is 6. The minimum absolute atomic E-state index is 0.226. The summed E-state index contributed by atoms with van der Waals surface area (Å²) in [5.74, 6) is 0.600. The lowest BCUT2D eigenvalue weighted by molar-refractivity contribution is -0.141. The van der Waals surface area contributed by atoms with E-state index >= 15 is 0 Å². The maximum absolute atomic E-state index is 13.7. The van der Waals surface area contributed by atoms with Crippen LogP contribution in [0.2, 0.25) is 0 Å². The summed E-state index contributed by atoms with van der Waals surface area (Å²) in [4.78, 5) is 18.5. The Morgan fingerprint density at radius 3 is 2.22 bits per heavy atom. The number of benzene rings is 1. The van der Waals surface area contributed by atoms with Crippen molar-refractivity contribution in [1.82, 2.24) is 19.9 Å². The highest BCUT2D eigenvalue weighted by Crippen LogP contribution is 2.38. The Morgan fingerprint density at radius 2 is 1.62 bits per heavy atom. The fraction of sp³-hybridized carbons (Fsp3) is 0.280. The van der Waals surface area contributed by atoms with Crippen LogP contribution in [0.3, 0.4) is 0 Å². The first kappa shape index (κ1) is 26.1. The molecule has 0 aliphatic heterocycles. The molecule has 12 heteroatoms. The summed E-state index contributed by atoms with van der Waals surface area (Å²) >= 11 is 0. The van der Waals surface area contributed by atoms with Crippen molar-refractivity contribution in [1.29, 1.82) is 0 Å². The fourth-order valence-electron chi connectivity index (χ4n) is 3.96. The quantitative estimate of drug-likeness (QED) is 0.276. The number of alkyl halides is 6. The molecule has 0 amide bonds. The van der Waals surface area contributed by atoms with Crippen LogP contribution < -0.4 is 10.2 Å². The second-order valence-electron chi connectivity index (χ2n) is 8.18. The van der Waals surface area contributed by atoms with E-state index in [4.69, 9.17) is 0 Å². The van der Waals surface area contributed by atoms with Crippen molar-refractivity contribution in [2.24, 2.45) is 0 Å². The molecule has 0 aliphatic rings. The maximum atomic E-state index is 13.7. The molecule has 0 saturated carbocycles. The van der Waals surface area contributed by atoms with Gasteiger partial charge in [-0.2, -0.15) is 31.3 Å². The van der Waals surface area contributed by atoms with Crippen LogP contribution in [0.15, 0.2) is 48.8 Å². The number of nitrogens with one attached hydrogen (secondary N) is 1. The van der Waals surface area contributed by atoms with E-state index in [-0.39, 0.29) is 22.8 Å². The third-order valence-corrected chi connectivity index (χ3v) is 5.73. The van der Waals surface area contributed by atoms with E-state index in [1.165, 1.54) is 24.4 Å². The van der Waals surface area contributed by atoms with E-state index in [1.807, 2.05) is 18.7 Å². The second kappa shape index (κ2) is 9.83. The number of fused-ring (bicyclic) bond motifs is 1. The van der Waals surface area contributed by atoms with E-state index in [1.54, 1.807) is 13.0 Å². The van der Waals surface area contributed by atoms with Crippen molar-refractivity contribution in [2.45, 2.75) is 33.1 Å². The van der Waals surface area contributed by atoms with E-state index in [2.05, 4.69) is 25.3 Å². The summed E-state index contributed by atoms with van der Waals surface area (Å²) < 4.78 is 79.7. The van der Waals surface area contributed by atoms with Crippen LogP contribution in [-0.2, 0) is 12.4 Å². The van der Waals surface area contributed by atoms with Crippen molar-refractivity contribution >= 4 is 28.4 Å². The Labute approximate surface area is 208 Å². The average molecular weight is 520 g/mol. The summed E-state index contributed by atoms with van der Waals surface area (Å²) in [5, 5.41) is 3.51. The predicted molar refractivity (Wildman–Crippen MR) is 129 cm³/mol.